The molecule has 3 aromatic rings. The van der Waals surface area contributed by atoms with Crippen LogP contribution in [-0.2, 0) is 14.3 Å². The van der Waals surface area contributed by atoms with Crippen molar-refractivity contribution >= 4 is 27.9 Å². The van der Waals surface area contributed by atoms with Gasteiger partial charge in [-0.05, 0) is 38.1 Å². The Bertz CT molecular complexity index is 1180. The standard InChI is InChI=1S/C21H18O7/c1-11-7-14(26-20(11)23)9-21(2)15(28-21)10-25-19-17-13(5-6-24-17)8-12-3-4-16(22)27-18(12)19/h3-8,14-15H,9-10H2,1-2H3/t14-,15-,21+/m0/s1. The van der Waals surface area contributed by atoms with Gasteiger partial charge in [0.05, 0.1) is 11.9 Å². The summed E-state index contributed by atoms with van der Waals surface area (Å²) in [5.41, 5.74) is 0.585. The van der Waals surface area contributed by atoms with Gasteiger partial charge in [0.25, 0.3) is 0 Å². The Morgan fingerprint density at radius 3 is 2.75 bits per heavy atom. The first-order valence-electron chi connectivity index (χ1n) is 9.07. The summed E-state index contributed by atoms with van der Waals surface area (Å²) in [6, 6.07) is 6.78. The maximum atomic E-state index is 11.7. The highest BCUT2D eigenvalue weighted by molar-refractivity contribution is 5.99. The van der Waals surface area contributed by atoms with Gasteiger partial charge in [-0.1, -0.05) is 0 Å². The minimum atomic E-state index is -0.457. The second-order valence-electron chi connectivity index (χ2n) is 7.45. The van der Waals surface area contributed by atoms with Crippen molar-refractivity contribution in [3.8, 4) is 5.75 Å². The number of carbonyl (C=O) groups excluding carboxylic acids is 1. The van der Waals surface area contributed by atoms with E-state index in [-0.39, 0.29) is 24.8 Å². The van der Waals surface area contributed by atoms with Gasteiger partial charge >= 0.3 is 11.6 Å². The molecule has 3 atom stereocenters. The predicted molar refractivity (Wildman–Crippen MR) is 99.3 cm³/mol. The smallest absolute Gasteiger partial charge is 0.336 e. The van der Waals surface area contributed by atoms with E-state index in [0.29, 0.717) is 28.9 Å². The number of carbonyl (C=O) groups is 1. The van der Waals surface area contributed by atoms with Gasteiger partial charge < -0.3 is 23.0 Å². The number of furan rings is 1. The van der Waals surface area contributed by atoms with Crippen LogP contribution < -0.4 is 10.4 Å². The van der Waals surface area contributed by atoms with Crippen LogP contribution in [0.25, 0.3) is 21.9 Å². The number of hydrogen-bond donors (Lipinski definition) is 0. The highest BCUT2D eigenvalue weighted by Crippen LogP contribution is 2.43. The fraction of sp³-hybridized carbons (Fsp3) is 0.333. The lowest BCUT2D eigenvalue weighted by Gasteiger charge is -2.12. The molecule has 0 radical (unpaired) electrons. The van der Waals surface area contributed by atoms with Crippen molar-refractivity contribution in [3.63, 3.8) is 0 Å². The van der Waals surface area contributed by atoms with E-state index in [1.165, 1.54) is 6.07 Å². The molecule has 0 amide bonds. The van der Waals surface area contributed by atoms with Crippen LogP contribution in [0.2, 0.25) is 0 Å². The maximum Gasteiger partial charge on any atom is 0.336 e. The first-order valence-corrected chi connectivity index (χ1v) is 9.07. The molecule has 0 aliphatic carbocycles. The quantitative estimate of drug-likeness (QED) is 0.380. The van der Waals surface area contributed by atoms with E-state index < -0.39 is 11.2 Å². The molecule has 28 heavy (non-hydrogen) atoms. The lowest BCUT2D eigenvalue weighted by Crippen LogP contribution is -2.22. The molecule has 0 N–H and O–H groups in total. The van der Waals surface area contributed by atoms with Crippen molar-refractivity contribution < 1.29 is 27.8 Å². The van der Waals surface area contributed by atoms with Crippen LogP contribution in [0, 0.1) is 0 Å². The average molecular weight is 382 g/mol. The second kappa shape index (κ2) is 5.97. The largest absolute Gasteiger partial charge is 0.483 e. The Morgan fingerprint density at radius 2 is 1.96 bits per heavy atom. The number of epoxide rings is 1. The number of ether oxygens (including phenoxy) is 3. The van der Waals surface area contributed by atoms with Crippen LogP contribution in [0.4, 0.5) is 0 Å². The van der Waals surface area contributed by atoms with Crippen molar-refractivity contribution in [2.45, 2.75) is 38.1 Å². The molecule has 4 heterocycles. The zero-order chi connectivity index (χ0) is 19.5. The molecule has 144 valence electrons. The summed E-state index contributed by atoms with van der Waals surface area (Å²) in [6.45, 7) is 3.96. The Labute approximate surface area is 159 Å². The first-order chi connectivity index (χ1) is 13.4. The van der Waals surface area contributed by atoms with E-state index in [0.717, 1.165) is 10.8 Å². The highest BCUT2D eigenvalue weighted by atomic mass is 16.6. The van der Waals surface area contributed by atoms with Crippen LogP contribution in [-0.4, -0.2) is 30.4 Å². The average Bonchev–Trinajstić information content (AvgIpc) is 2.94. The third kappa shape index (κ3) is 2.79. The summed E-state index contributed by atoms with van der Waals surface area (Å²) in [5.74, 6) is 0.101. The molecule has 7 heteroatoms. The van der Waals surface area contributed by atoms with E-state index in [1.54, 1.807) is 19.3 Å². The van der Waals surface area contributed by atoms with Gasteiger partial charge in [0.2, 0.25) is 5.75 Å². The van der Waals surface area contributed by atoms with Crippen LogP contribution in [0.1, 0.15) is 20.3 Å². The highest BCUT2D eigenvalue weighted by Gasteiger charge is 2.54. The molecule has 1 saturated heterocycles. The molecule has 2 aliphatic heterocycles. The van der Waals surface area contributed by atoms with Gasteiger partial charge in [0, 0.05) is 28.8 Å². The first kappa shape index (κ1) is 17.1. The molecular weight excluding hydrogens is 364 g/mol. The van der Waals surface area contributed by atoms with Crippen molar-refractivity contribution in [1.29, 1.82) is 0 Å². The van der Waals surface area contributed by atoms with Crippen molar-refractivity contribution in [2.24, 2.45) is 0 Å². The molecule has 0 unspecified atom stereocenters. The molecule has 0 saturated carbocycles. The van der Waals surface area contributed by atoms with Gasteiger partial charge in [-0.25, -0.2) is 9.59 Å². The minimum absolute atomic E-state index is 0.170. The third-order valence-corrected chi connectivity index (χ3v) is 5.32. The molecule has 5 rings (SSSR count). The number of fused-ring (bicyclic) bond motifs is 2. The molecule has 7 nitrogen and oxygen atoms in total. The lowest BCUT2D eigenvalue weighted by molar-refractivity contribution is -0.140. The summed E-state index contributed by atoms with van der Waals surface area (Å²) in [4.78, 5) is 23.2. The number of esters is 1. The summed E-state index contributed by atoms with van der Waals surface area (Å²) in [6.07, 6.45) is 3.49. The third-order valence-electron chi connectivity index (χ3n) is 5.32. The second-order valence-corrected chi connectivity index (χ2v) is 7.45. The Kier molecular flexibility index (Phi) is 3.64. The monoisotopic (exact) mass is 382 g/mol. The van der Waals surface area contributed by atoms with Crippen molar-refractivity contribution in [3.05, 3.63) is 52.6 Å². The van der Waals surface area contributed by atoms with E-state index in [1.807, 2.05) is 25.1 Å². The normalized spacial score (nSPS) is 26.5. The van der Waals surface area contributed by atoms with E-state index in [2.05, 4.69) is 0 Å². The number of hydrogen-bond acceptors (Lipinski definition) is 7. The van der Waals surface area contributed by atoms with Gasteiger partial charge in [-0.2, -0.15) is 0 Å². The zero-order valence-corrected chi connectivity index (χ0v) is 15.4. The molecule has 1 fully saturated rings. The summed E-state index contributed by atoms with van der Waals surface area (Å²) < 4.78 is 28.0. The molecule has 0 spiro atoms. The summed E-state index contributed by atoms with van der Waals surface area (Å²) >= 11 is 0. The SMILES string of the molecule is CC1=C[C@@H](C[C@@]2(C)O[C@H]2COc2c3occc3cc3ccc(=O)oc23)OC1=O. The number of cyclic esters (lactones) is 1. The van der Waals surface area contributed by atoms with Crippen LogP contribution >= 0.6 is 0 Å². The topological polar surface area (TPSA) is 91.4 Å². The predicted octanol–water partition coefficient (Wildman–Crippen LogP) is 3.34. The van der Waals surface area contributed by atoms with Crippen LogP contribution in [0.5, 0.6) is 5.75 Å². The Balaban J connectivity index is 1.36. The van der Waals surface area contributed by atoms with Gasteiger partial charge in [-0.15, -0.1) is 0 Å². The zero-order valence-electron chi connectivity index (χ0n) is 15.4. The molecule has 0 bridgehead atoms. The maximum absolute atomic E-state index is 11.7. The Morgan fingerprint density at radius 1 is 1.14 bits per heavy atom. The van der Waals surface area contributed by atoms with Gasteiger partial charge in [0.15, 0.2) is 11.2 Å². The van der Waals surface area contributed by atoms with Gasteiger partial charge in [0.1, 0.15) is 18.8 Å². The lowest BCUT2D eigenvalue weighted by atomic mass is 9.99. The molecular formula is C21H18O7. The fourth-order valence-electron chi connectivity index (χ4n) is 3.69. The number of rotatable bonds is 5. The summed E-state index contributed by atoms with van der Waals surface area (Å²) in [5, 5.41) is 1.61. The Hall–Kier alpha value is -3.06. The van der Waals surface area contributed by atoms with Crippen molar-refractivity contribution in [2.75, 3.05) is 6.61 Å². The van der Waals surface area contributed by atoms with E-state index in [9.17, 15) is 9.59 Å². The summed E-state index contributed by atoms with van der Waals surface area (Å²) in [7, 11) is 0. The van der Waals surface area contributed by atoms with E-state index in [4.69, 9.17) is 23.0 Å². The molecule has 2 aromatic heterocycles. The molecule has 2 aliphatic rings. The molecule has 1 aromatic carbocycles. The van der Waals surface area contributed by atoms with Crippen molar-refractivity contribution in [1.82, 2.24) is 0 Å². The minimum Gasteiger partial charge on any atom is -0.483 e. The van der Waals surface area contributed by atoms with Gasteiger partial charge in [-0.3, -0.25) is 0 Å². The van der Waals surface area contributed by atoms with Crippen LogP contribution in [0.15, 0.2) is 55.8 Å². The number of benzene rings is 1. The fourth-order valence-corrected chi connectivity index (χ4v) is 3.69. The van der Waals surface area contributed by atoms with Crippen LogP contribution in [0.3, 0.4) is 0 Å². The van der Waals surface area contributed by atoms with E-state index >= 15 is 0 Å².